The van der Waals surface area contributed by atoms with Gasteiger partial charge in [-0.25, -0.2) is 0 Å². The van der Waals surface area contributed by atoms with Crippen LogP contribution in [0.4, 0.5) is 0 Å². The molecule has 1 aromatic carbocycles. The van der Waals surface area contributed by atoms with E-state index in [4.69, 9.17) is 9.47 Å². The number of hydrogen-bond acceptors (Lipinski definition) is 4. The van der Waals surface area contributed by atoms with Crippen molar-refractivity contribution in [1.82, 2.24) is 4.90 Å². The van der Waals surface area contributed by atoms with E-state index in [1.165, 1.54) is 32.2 Å². The number of benzene rings is 1. The molecule has 1 heterocycles. The van der Waals surface area contributed by atoms with Crippen molar-refractivity contribution in [2.24, 2.45) is 0 Å². The standard InChI is InChI=1S/C20H31NO3/c1-3-4-5-6-9-20(22)24-19-12-10-18(11-13-19)23-16-14-17-8-7-15-21(17)2/h10-13,17H,3-9,14-16H2,1-2H3. The molecule has 0 N–H and O–H groups in total. The van der Waals surface area contributed by atoms with E-state index in [0.717, 1.165) is 31.6 Å². The summed E-state index contributed by atoms with van der Waals surface area (Å²) in [6, 6.07) is 8.01. The van der Waals surface area contributed by atoms with Gasteiger partial charge in [-0.15, -0.1) is 0 Å². The number of ether oxygens (including phenoxy) is 2. The van der Waals surface area contributed by atoms with E-state index in [2.05, 4.69) is 18.9 Å². The first kappa shape index (κ1) is 18.8. The van der Waals surface area contributed by atoms with Gasteiger partial charge in [-0.1, -0.05) is 26.2 Å². The maximum atomic E-state index is 11.8. The van der Waals surface area contributed by atoms with Gasteiger partial charge in [-0.05, 0) is 63.5 Å². The smallest absolute Gasteiger partial charge is 0.311 e. The maximum Gasteiger partial charge on any atom is 0.311 e. The third kappa shape index (κ3) is 6.52. The summed E-state index contributed by atoms with van der Waals surface area (Å²) in [6.07, 6.45) is 8.46. The van der Waals surface area contributed by atoms with Crippen LogP contribution in [-0.4, -0.2) is 37.1 Å². The Balaban J connectivity index is 1.65. The number of unbranched alkanes of at least 4 members (excludes halogenated alkanes) is 3. The second kappa shape index (κ2) is 10.3. The van der Waals surface area contributed by atoms with Crippen LogP contribution in [0, 0.1) is 0 Å². The number of nitrogens with zero attached hydrogens (tertiary/aromatic N) is 1. The van der Waals surface area contributed by atoms with Crippen LogP contribution < -0.4 is 9.47 Å². The molecular weight excluding hydrogens is 302 g/mol. The van der Waals surface area contributed by atoms with Crippen LogP contribution >= 0.6 is 0 Å². The minimum absolute atomic E-state index is 0.149. The first-order valence-electron chi connectivity index (χ1n) is 9.33. The van der Waals surface area contributed by atoms with Gasteiger partial charge < -0.3 is 14.4 Å². The van der Waals surface area contributed by atoms with E-state index in [-0.39, 0.29) is 5.97 Å². The molecule has 0 spiro atoms. The molecule has 2 rings (SSSR count). The molecule has 0 aromatic heterocycles. The molecule has 4 heteroatoms. The van der Waals surface area contributed by atoms with Gasteiger partial charge in [-0.3, -0.25) is 4.79 Å². The molecule has 1 aliphatic rings. The minimum atomic E-state index is -0.149. The minimum Gasteiger partial charge on any atom is -0.494 e. The predicted molar refractivity (Wildman–Crippen MR) is 96.6 cm³/mol. The van der Waals surface area contributed by atoms with E-state index in [0.29, 0.717) is 18.2 Å². The van der Waals surface area contributed by atoms with Crippen LogP contribution in [0.2, 0.25) is 0 Å². The van der Waals surface area contributed by atoms with Gasteiger partial charge in [0.2, 0.25) is 0 Å². The normalized spacial score (nSPS) is 17.8. The number of hydrogen-bond donors (Lipinski definition) is 0. The summed E-state index contributed by atoms with van der Waals surface area (Å²) in [5, 5.41) is 0. The largest absolute Gasteiger partial charge is 0.494 e. The molecule has 1 unspecified atom stereocenters. The summed E-state index contributed by atoms with van der Waals surface area (Å²) in [6.45, 7) is 4.09. The Morgan fingerprint density at radius 1 is 1.17 bits per heavy atom. The van der Waals surface area contributed by atoms with Gasteiger partial charge >= 0.3 is 5.97 Å². The topological polar surface area (TPSA) is 38.8 Å². The van der Waals surface area contributed by atoms with Gasteiger partial charge in [0.1, 0.15) is 11.5 Å². The maximum absolute atomic E-state index is 11.8. The highest BCUT2D eigenvalue weighted by Crippen LogP contribution is 2.21. The van der Waals surface area contributed by atoms with Crippen molar-refractivity contribution in [3.8, 4) is 11.5 Å². The Hall–Kier alpha value is -1.55. The molecular formula is C20H31NO3. The quantitative estimate of drug-likeness (QED) is 0.361. The lowest BCUT2D eigenvalue weighted by atomic mass is 10.1. The Morgan fingerprint density at radius 3 is 2.58 bits per heavy atom. The highest BCUT2D eigenvalue weighted by atomic mass is 16.5. The highest BCUT2D eigenvalue weighted by Gasteiger charge is 2.20. The second-order valence-electron chi connectivity index (χ2n) is 6.67. The third-order valence-electron chi connectivity index (χ3n) is 4.68. The summed E-state index contributed by atoms with van der Waals surface area (Å²) in [5.74, 6) is 1.28. The van der Waals surface area contributed by atoms with Crippen molar-refractivity contribution in [1.29, 1.82) is 0 Å². The second-order valence-corrected chi connectivity index (χ2v) is 6.67. The molecule has 24 heavy (non-hydrogen) atoms. The van der Waals surface area contributed by atoms with Crippen molar-refractivity contribution in [3.05, 3.63) is 24.3 Å². The van der Waals surface area contributed by atoms with Crippen molar-refractivity contribution >= 4 is 5.97 Å². The number of esters is 1. The molecule has 1 aliphatic heterocycles. The Kier molecular flexibility index (Phi) is 8.10. The Morgan fingerprint density at radius 2 is 1.92 bits per heavy atom. The SMILES string of the molecule is CCCCCCC(=O)Oc1ccc(OCCC2CCCN2C)cc1. The van der Waals surface area contributed by atoms with Crippen molar-refractivity contribution in [3.63, 3.8) is 0 Å². The van der Waals surface area contributed by atoms with Gasteiger partial charge in [0, 0.05) is 12.5 Å². The van der Waals surface area contributed by atoms with E-state index < -0.39 is 0 Å². The zero-order chi connectivity index (χ0) is 17.2. The fourth-order valence-electron chi connectivity index (χ4n) is 3.14. The van der Waals surface area contributed by atoms with Crippen LogP contribution in [0.3, 0.4) is 0 Å². The fraction of sp³-hybridized carbons (Fsp3) is 0.650. The van der Waals surface area contributed by atoms with Gasteiger partial charge in [0.25, 0.3) is 0 Å². The Bertz CT molecular complexity index is 486. The number of carbonyl (C=O) groups excluding carboxylic acids is 1. The predicted octanol–water partition coefficient (Wildman–Crippen LogP) is 4.43. The summed E-state index contributed by atoms with van der Waals surface area (Å²) < 4.78 is 11.1. The van der Waals surface area contributed by atoms with Crippen LogP contribution in [0.15, 0.2) is 24.3 Å². The number of carbonyl (C=O) groups is 1. The zero-order valence-corrected chi connectivity index (χ0v) is 15.1. The van der Waals surface area contributed by atoms with E-state index >= 15 is 0 Å². The van der Waals surface area contributed by atoms with Crippen LogP contribution in [0.5, 0.6) is 11.5 Å². The molecule has 0 bridgehead atoms. The van der Waals surface area contributed by atoms with Crippen LogP contribution in [-0.2, 0) is 4.79 Å². The summed E-state index contributed by atoms with van der Waals surface area (Å²) in [7, 11) is 2.18. The van der Waals surface area contributed by atoms with Gasteiger partial charge in [0.15, 0.2) is 0 Å². The molecule has 134 valence electrons. The summed E-state index contributed by atoms with van der Waals surface area (Å²) in [5.41, 5.74) is 0. The third-order valence-corrected chi connectivity index (χ3v) is 4.68. The van der Waals surface area contributed by atoms with E-state index in [9.17, 15) is 4.79 Å². The van der Waals surface area contributed by atoms with Crippen LogP contribution in [0.25, 0.3) is 0 Å². The van der Waals surface area contributed by atoms with Gasteiger partial charge in [-0.2, -0.15) is 0 Å². The lowest BCUT2D eigenvalue weighted by Crippen LogP contribution is -2.26. The first-order valence-corrected chi connectivity index (χ1v) is 9.33. The molecule has 0 radical (unpaired) electrons. The lowest BCUT2D eigenvalue weighted by molar-refractivity contribution is -0.134. The number of rotatable bonds is 10. The summed E-state index contributed by atoms with van der Waals surface area (Å²) >= 11 is 0. The first-order chi connectivity index (χ1) is 11.7. The van der Waals surface area contributed by atoms with Crippen LogP contribution in [0.1, 0.15) is 58.3 Å². The lowest BCUT2D eigenvalue weighted by Gasteiger charge is -2.19. The van der Waals surface area contributed by atoms with E-state index in [1.807, 2.05) is 12.1 Å². The van der Waals surface area contributed by atoms with Crippen molar-refractivity contribution in [2.75, 3.05) is 20.2 Å². The molecule has 1 fully saturated rings. The summed E-state index contributed by atoms with van der Waals surface area (Å²) in [4.78, 5) is 14.2. The molecule has 0 saturated carbocycles. The Labute approximate surface area is 146 Å². The average Bonchev–Trinajstić information content (AvgIpc) is 2.98. The molecule has 0 aliphatic carbocycles. The zero-order valence-electron chi connectivity index (χ0n) is 15.1. The molecule has 1 aromatic rings. The molecule has 1 saturated heterocycles. The van der Waals surface area contributed by atoms with E-state index in [1.54, 1.807) is 12.1 Å². The van der Waals surface area contributed by atoms with Crippen molar-refractivity contribution < 1.29 is 14.3 Å². The molecule has 4 nitrogen and oxygen atoms in total. The highest BCUT2D eigenvalue weighted by molar-refractivity contribution is 5.72. The van der Waals surface area contributed by atoms with Gasteiger partial charge in [0.05, 0.1) is 6.61 Å². The monoisotopic (exact) mass is 333 g/mol. The van der Waals surface area contributed by atoms with Crippen molar-refractivity contribution in [2.45, 2.75) is 64.3 Å². The average molecular weight is 333 g/mol. The fourth-order valence-corrected chi connectivity index (χ4v) is 3.14. The number of likely N-dealkylation sites (tertiary alicyclic amines) is 1. The molecule has 1 atom stereocenters. The molecule has 0 amide bonds.